The molecule has 1 aromatic rings. The fourth-order valence-electron chi connectivity index (χ4n) is 1.94. The molecule has 0 saturated carbocycles. The molecule has 3 nitrogen and oxygen atoms in total. The second-order valence-electron chi connectivity index (χ2n) is 4.69. The summed E-state index contributed by atoms with van der Waals surface area (Å²) >= 11 is 0. The number of hydrogen-bond donors (Lipinski definition) is 1. The van der Waals surface area contributed by atoms with Gasteiger partial charge >= 0.3 is 6.18 Å². The van der Waals surface area contributed by atoms with Crippen LogP contribution in [0.3, 0.4) is 0 Å². The van der Waals surface area contributed by atoms with E-state index >= 15 is 0 Å². The van der Waals surface area contributed by atoms with Crippen LogP contribution in [0.5, 0.6) is 0 Å². The molecule has 1 N–H and O–H groups in total. The number of rotatable bonds is 5. The zero-order valence-electron chi connectivity index (χ0n) is 11.2. The van der Waals surface area contributed by atoms with Crippen LogP contribution in [0.25, 0.3) is 0 Å². The van der Waals surface area contributed by atoms with E-state index in [-0.39, 0.29) is 6.04 Å². The first kappa shape index (κ1) is 14.7. The van der Waals surface area contributed by atoms with Crippen LogP contribution < -0.4 is 5.32 Å². The molecule has 0 bridgehead atoms. The van der Waals surface area contributed by atoms with E-state index in [4.69, 9.17) is 4.74 Å². The SMILES string of the molecule is CCCC1=NC(CNc2ccc(C(F)(F)F)cc2)CO1. The smallest absolute Gasteiger partial charge is 0.416 e. The molecule has 1 aromatic carbocycles. The van der Waals surface area contributed by atoms with E-state index in [2.05, 4.69) is 17.2 Å². The van der Waals surface area contributed by atoms with Gasteiger partial charge in [0.05, 0.1) is 5.56 Å². The molecular weight excluding hydrogens is 269 g/mol. The van der Waals surface area contributed by atoms with Gasteiger partial charge in [0, 0.05) is 18.7 Å². The first-order valence-corrected chi connectivity index (χ1v) is 6.59. The molecule has 0 fully saturated rings. The summed E-state index contributed by atoms with van der Waals surface area (Å²) in [6.45, 7) is 3.14. The van der Waals surface area contributed by atoms with Crippen molar-refractivity contribution in [3.8, 4) is 0 Å². The fraction of sp³-hybridized carbons (Fsp3) is 0.500. The highest BCUT2D eigenvalue weighted by atomic mass is 19.4. The van der Waals surface area contributed by atoms with E-state index in [0.717, 1.165) is 30.9 Å². The predicted octanol–water partition coefficient (Wildman–Crippen LogP) is 3.71. The summed E-state index contributed by atoms with van der Waals surface area (Å²) in [7, 11) is 0. The highest BCUT2D eigenvalue weighted by Gasteiger charge is 2.29. The van der Waals surface area contributed by atoms with E-state index < -0.39 is 11.7 Å². The molecule has 0 radical (unpaired) electrons. The normalized spacial score (nSPS) is 18.6. The third kappa shape index (κ3) is 3.88. The highest BCUT2D eigenvalue weighted by molar-refractivity contribution is 5.77. The lowest BCUT2D eigenvalue weighted by molar-refractivity contribution is -0.137. The van der Waals surface area contributed by atoms with E-state index in [9.17, 15) is 13.2 Å². The lowest BCUT2D eigenvalue weighted by atomic mass is 10.2. The van der Waals surface area contributed by atoms with Gasteiger partial charge in [0.1, 0.15) is 12.6 Å². The number of anilines is 1. The molecule has 0 aromatic heterocycles. The zero-order chi connectivity index (χ0) is 14.6. The Hall–Kier alpha value is -1.72. The lowest BCUT2D eigenvalue weighted by Crippen LogP contribution is -2.19. The maximum atomic E-state index is 12.4. The number of hydrogen-bond acceptors (Lipinski definition) is 3. The average Bonchev–Trinajstić information content (AvgIpc) is 2.84. The maximum Gasteiger partial charge on any atom is 0.416 e. The molecule has 1 heterocycles. The molecule has 0 spiro atoms. The standard InChI is InChI=1S/C14H17F3N2O/c1-2-3-13-19-12(9-20-13)8-18-11-6-4-10(5-7-11)14(15,16)17/h4-7,12,18H,2-3,8-9H2,1H3. The van der Waals surface area contributed by atoms with Gasteiger partial charge in [-0.1, -0.05) is 6.92 Å². The van der Waals surface area contributed by atoms with Crippen LogP contribution in [0, 0.1) is 0 Å². The Kier molecular flexibility index (Phi) is 4.52. The lowest BCUT2D eigenvalue weighted by Gasteiger charge is -2.11. The molecule has 0 aliphatic carbocycles. The van der Waals surface area contributed by atoms with E-state index in [0.29, 0.717) is 18.8 Å². The van der Waals surface area contributed by atoms with Crippen molar-refractivity contribution in [1.82, 2.24) is 0 Å². The number of halogens is 3. The van der Waals surface area contributed by atoms with Crippen molar-refractivity contribution in [1.29, 1.82) is 0 Å². The molecule has 1 aliphatic heterocycles. The maximum absolute atomic E-state index is 12.4. The van der Waals surface area contributed by atoms with Crippen LogP contribution in [0.2, 0.25) is 0 Å². The van der Waals surface area contributed by atoms with Crippen molar-refractivity contribution >= 4 is 11.6 Å². The summed E-state index contributed by atoms with van der Waals surface area (Å²) in [4.78, 5) is 4.40. The Labute approximate surface area is 115 Å². The molecule has 2 rings (SSSR count). The predicted molar refractivity (Wildman–Crippen MR) is 72.0 cm³/mol. The molecule has 1 atom stereocenters. The Bertz CT molecular complexity index is 468. The van der Waals surface area contributed by atoms with Gasteiger partial charge in [0.15, 0.2) is 5.90 Å². The number of nitrogens with zero attached hydrogens (tertiary/aromatic N) is 1. The fourth-order valence-corrected chi connectivity index (χ4v) is 1.94. The van der Waals surface area contributed by atoms with Crippen molar-refractivity contribution in [3.05, 3.63) is 29.8 Å². The minimum atomic E-state index is -4.29. The second kappa shape index (κ2) is 6.15. The van der Waals surface area contributed by atoms with Gasteiger partial charge < -0.3 is 10.1 Å². The molecule has 6 heteroatoms. The molecule has 20 heavy (non-hydrogen) atoms. The van der Waals surface area contributed by atoms with Gasteiger partial charge in [-0.05, 0) is 30.7 Å². The largest absolute Gasteiger partial charge is 0.479 e. The molecule has 1 unspecified atom stereocenters. The Morgan fingerprint density at radius 3 is 2.60 bits per heavy atom. The number of nitrogens with one attached hydrogen (secondary N) is 1. The van der Waals surface area contributed by atoms with Crippen LogP contribution in [-0.4, -0.2) is 25.1 Å². The topological polar surface area (TPSA) is 33.6 Å². The van der Waals surface area contributed by atoms with Crippen molar-refractivity contribution in [3.63, 3.8) is 0 Å². The first-order chi connectivity index (χ1) is 9.49. The van der Waals surface area contributed by atoms with E-state index in [1.54, 1.807) is 0 Å². The second-order valence-corrected chi connectivity index (χ2v) is 4.69. The highest BCUT2D eigenvalue weighted by Crippen LogP contribution is 2.29. The summed E-state index contributed by atoms with van der Waals surface area (Å²) < 4.78 is 42.7. The number of aliphatic imine (C=N–C) groups is 1. The van der Waals surface area contributed by atoms with Crippen molar-refractivity contribution in [2.24, 2.45) is 4.99 Å². The van der Waals surface area contributed by atoms with Crippen LogP contribution >= 0.6 is 0 Å². The quantitative estimate of drug-likeness (QED) is 0.895. The summed E-state index contributed by atoms with van der Waals surface area (Å²) in [6.07, 6.45) is -2.48. The van der Waals surface area contributed by atoms with Crippen LogP contribution in [0.1, 0.15) is 25.3 Å². The van der Waals surface area contributed by atoms with Crippen molar-refractivity contribution in [2.45, 2.75) is 32.0 Å². The summed E-state index contributed by atoms with van der Waals surface area (Å²) in [5.74, 6) is 0.770. The molecule has 110 valence electrons. The molecule has 0 amide bonds. The van der Waals surface area contributed by atoms with Crippen molar-refractivity contribution < 1.29 is 17.9 Å². The molecule has 1 aliphatic rings. The van der Waals surface area contributed by atoms with Gasteiger partial charge in [0.2, 0.25) is 0 Å². The zero-order valence-corrected chi connectivity index (χ0v) is 11.2. The summed E-state index contributed by atoms with van der Waals surface area (Å²) in [6, 6.07) is 5.02. The van der Waals surface area contributed by atoms with E-state index in [1.807, 2.05) is 0 Å². The van der Waals surface area contributed by atoms with E-state index in [1.165, 1.54) is 12.1 Å². The third-order valence-corrected chi connectivity index (χ3v) is 2.99. The first-order valence-electron chi connectivity index (χ1n) is 6.59. The third-order valence-electron chi connectivity index (χ3n) is 2.99. The average molecular weight is 286 g/mol. The summed E-state index contributed by atoms with van der Waals surface area (Å²) in [5.41, 5.74) is 0.00708. The minimum Gasteiger partial charge on any atom is -0.479 e. The van der Waals surface area contributed by atoms with Gasteiger partial charge in [-0.2, -0.15) is 13.2 Å². The van der Waals surface area contributed by atoms with Crippen LogP contribution in [-0.2, 0) is 10.9 Å². The van der Waals surface area contributed by atoms with Crippen LogP contribution in [0.4, 0.5) is 18.9 Å². The minimum absolute atomic E-state index is 0.0267. The monoisotopic (exact) mass is 286 g/mol. The number of benzene rings is 1. The van der Waals surface area contributed by atoms with Crippen molar-refractivity contribution in [2.75, 3.05) is 18.5 Å². The van der Waals surface area contributed by atoms with Gasteiger partial charge in [-0.25, -0.2) is 4.99 Å². The van der Waals surface area contributed by atoms with Gasteiger partial charge in [-0.3, -0.25) is 0 Å². The van der Waals surface area contributed by atoms with Gasteiger partial charge in [-0.15, -0.1) is 0 Å². The van der Waals surface area contributed by atoms with Gasteiger partial charge in [0.25, 0.3) is 0 Å². The molecular formula is C14H17F3N2O. The van der Waals surface area contributed by atoms with Crippen LogP contribution in [0.15, 0.2) is 29.3 Å². The Morgan fingerprint density at radius 2 is 2.00 bits per heavy atom. The number of ether oxygens (including phenoxy) is 1. The Balaban J connectivity index is 1.86. The number of alkyl halides is 3. The molecule has 0 saturated heterocycles. The summed E-state index contributed by atoms with van der Waals surface area (Å²) in [5, 5.41) is 3.07. The Morgan fingerprint density at radius 1 is 1.30 bits per heavy atom.